The predicted molar refractivity (Wildman–Crippen MR) is 97.8 cm³/mol. The number of phenolic OH excluding ortho intramolecular Hbond substituents is 1. The summed E-state index contributed by atoms with van der Waals surface area (Å²) in [6.45, 7) is 1.31. The minimum absolute atomic E-state index is 0.0497. The quantitative estimate of drug-likeness (QED) is 0.364. The van der Waals surface area contributed by atoms with E-state index >= 15 is 0 Å². The topological polar surface area (TPSA) is 144 Å². The van der Waals surface area contributed by atoms with E-state index in [4.69, 9.17) is 18.9 Å². The average Bonchev–Trinajstić information content (AvgIpc) is 2.68. The molecule has 0 radical (unpaired) electrons. The molecule has 10 heteroatoms. The number of phenols is 1. The summed E-state index contributed by atoms with van der Waals surface area (Å²) >= 11 is 0. The highest BCUT2D eigenvalue weighted by molar-refractivity contribution is 5.87. The Kier molecular flexibility index (Phi) is 6.08. The number of β-amino-alcohol motifs (C(OH)–C–C–N with tert-alkyl or cyclic N) is 1. The second kappa shape index (κ2) is 8.37. The molecule has 0 aliphatic carbocycles. The number of fused-ring (bicyclic) bond motifs is 2. The van der Waals surface area contributed by atoms with Crippen LogP contribution in [0, 0.1) is 0 Å². The highest BCUT2D eigenvalue weighted by Crippen LogP contribution is 2.34. The molecule has 0 spiro atoms. The van der Waals surface area contributed by atoms with Crippen molar-refractivity contribution in [1.29, 1.82) is 0 Å². The average molecular weight is 409 g/mol. The van der Waals surface area contributed by atoms with Gasteiger partial charge in [0, 0.05) is 19.5 Å². The van der Waals surface area contributed by atoms with Gasteiger partial charge in [-0.05, 0) is 23.8 Å². The van der Waals surface area contributed by atoms with E-state index in [-0.39, 0.29) is 24.6 Å². The minimum Gasteiger partial charge on any atom is -0.504 e. The van der Waals surface area contributed by atoms with Crippen LogP contribution in [-0.2, 0) is 23.8 Å². The first-order valence-electron chi connectivity index (χ1n) is 8.95. The molecule has 158 valence electrons. The molecule has 0 aromatic heterocycles. The van der Waals surface area contributed by atoms with Gasteiger partial charge in [0.15, 0.2) is 23.7 Å². The van der Waals surface area contributed by atoms with Crippen LogP contribution in [0.5, 0.6) is 11.5 Å². The monoisotopic (exact) mass is 409 g/mol. The number of carbonyl (C=O) groups is 2. The van der Waals surface area contributed by atoms with Crippen LogP contribution in [0.3, 0.4) is 0 Å². The first kappa shape index (κ1) is 21.1. The van der Waals surface area contributed by atoms with E-state index in [2.05, 4.69) is 5.32 Å². The highest BCUT2D eigenvalue weighted by atomic mass is 16.7. The van der Waals surface area contributed by atoms with Crippen LogP contribution in [0.2, 0.25) is 0 Å². The summed E-state index contributed by atoms with van der Waals surface area (Å²) in [4.78, 5) is 23.8. The van der Waals surface area contributed by atoms with Gasteiger partial charge in [-0.15, -0.1) is 0 Å². The number of aliphatic hydroxyl groups is 2. The smallest absolute Gasteiger partial charge is 0.331 e. The Bertz CT molecular complexity index is 811. The number of hydrogen-bond donors (Lipinski definition) is 4. The third-order valence-corrected chi connectivity index (χ3v) is 4.70. The first-order chi connectivity index (χ1) is 13.7. The number of benzene rings is 1. The molecule has 2 aliphatic heterocycles. The second-order valence-electron chi connectivity index (χ2n) is 6.82. The number of carbonyl (C=O) groups excluding carboxylic acids is 2. The Morgan fingerprint density at radius 3 is 2.79 bits per heavy atom. The van der Waals surface area contributed by atoms with Crippen molar-refractivity contribution in [2.45, 2.75) is 37.1 Å². The molecular weight excluding hydrogens is 386 g/mol. The standard InChI is InChI=1S/C19H23NO9/c1-10(21)27-17-16(24)14-8-20-9-19(25,29-14)18(17)28-15(23)6-4-11-3-5-12(22)13(7-11)26-2/h3-7,14,16-18,20,22,24-25H,8-9H2,1-2H3. The van der Waals surface area contributed by atoms with Crippen LogP contribution < -0.4 is 10.1 Å². The van der Waals surface area contributed by atoms with Crippen molar-refractivity contribution < 1.29 is 43.9 Å². The fraction of sp³-hybridized carbons (Fsp3) is 0.474. The molecule has 29 heavy (non-hydrogen) atoms. The number of aromatic hydroxyl groups is 1. The van der Waals surface area contributed by atoms with Crippen molar-refractivity contribution in [3.8, 4) is 11.5 Å². The van der Waals surface area contributed by atoms with Gasteiger partial charge in [-0.25, -0.2) is 4.79 Å². The zero-order valence-corrected chi connectivity index (χ0v) is 15.9. The van der Waals surface area contributed by atoms with E-state index in [9.17, 15) is 24.9 Å². The molecule has 5 unspecified atom stereocenters. The zero-order valence-electron chi connectivity index (χ0n) is 15.9. The number of esters is 2. The van der Waals surface area contributed by atoms with Gasteiger partial charge in [-0.3, -0.25) is 4.79 Å². The van der Waals surface area contributed by atoms with Crippen molar-refractivity contribution in [2.75, 3.05) is 20.2 Å². The number of aliphatic hydroxyl groups excluding tert-OH is 1. The SMILES string of the molecule is COc1cc(C=CC(=O)OC2C(OC(C)=O)C(O)C3CNCC2(O)O3)ccc1O. The largest absolute Gasteiger partial charge is 0.504 e. The molecule has 2 heterocycles. The van der Waals surface area contributed by atoms with Crippen molar-refractivity contribution >= 4 is 18.0 Å². The molecule has 3 rings (SSSR count). The van der Waals surface area contributed by atoms with E-state index in [1.165, 1.54) is 25.3 Å². The van der Waals surface area contributed by atoms with E-state index in [1.807, 2.05) is 0 Å². The van der Waals surface area contributed by atoms with E-state index in [1.54, 1.807) is 6.07 Å². The van der Waals surface area contributed by atoms with Gasteiger partial charge in [0.25, 0.3) is 0 Å². The second-order valence-corrected chi connectivity index (χ2v) is 6.82. The molecule has 1 aromatic rings. The number of morpholine rings is 1. The van der Waals surface area contributed by atoms with Gasteiger partial charge >= 0.3 is 11.9 Å². The van der Waals surface area contributed by atoms with Crippen molar-refractivity contribution in [2.24, 2.45) is 0 Å². The number of nitrogens with one attached hydrogen (secondary N) is 1. The van der Waals surface area contributed by atoms with Crippen LogP contribution in [0.4, 0.5) is 0 Å². The molecule has 2 saturated heterocycles. The summed E-state index contributed by atoms with van der Waals surface area (Å²) in [7, 11) is 1.40. The predicted octanol–water partition coefficient (Wildman–Crippen LogP) is -0.691. The Labute approximate surface area is 166 Å². The van der Waals surface area contributed by atoms with Gasteiger partial charge in [0.1, 0.15) is 12.2 Å². The molecule has 2 bridgehead atoms. The Hall–Kier alpha value is -2.66. The summed E-state index contributed by atoms with van der Waals surface area (Å²) < 4.78 is 20.9. The molecule has 5 atom stereocenters. The fourth-order valence-electron chi connectivity index (χ4n) is 3.35. The number of ether oxygens (including phenoxy) is 4. The number of methoxy groups -OCH3 is 1. The molecule has 2 aliphatic rings. The molecule has 0 saturated carbocycles. The summed E-state index contributed by atoms with van der Waals surface area (Å²) in [5, 5.41) is 33.7. The van der Waals surface area contributed by atoms with Gasteiger partial charge in [0.05, 0.1) is 13.7 Å². The maximum absolute atomic E-state index is 12.3. The van der Waals surface area contributed by atoms with Gasteiger partial charge in [0.2, 0.25) is 5.79 Å². The highest BCUT2D eigenvalue weighted by Gasteiger charge is 2.59. The van der Waals surface area contributed by atoms with E-state index in [0.717, 1.165) is 13.0 Å². The van der Waals surface area contributed by atoms with E-state index < -0.39 is 42.1 Å². The maximum Gasteiger partial charge on any atom is 0.331 e. The van der Waals surface area contributed by atoms with E-state index in [0.29, 0.717) is 5.56 Å². The first-order valence-corrected chi connectivity index (χ1v) is 8.95. The van der Waals surface area contributed by atoms with Crippen molar-refractivity contribution in [1.82, 2.24) is 5.32 Å². The van der Waals surface area contributed by atoms with Crippen molar-refractivity contribution in [3.63, 3.8) is 0 Å². The van der Waals surface area contributed by atoms with Crippen LogP contribution in [-0.4, -0.2) is 77.7 Å². The molecular formula is C19H23NO9. The number of rotatable bonds is 5. The summed E-state index contributed by atoms with van der Waals surface area (Å²) in [5.74, 6) is -3.34. The van der Waals surface area contributed by atoms with Crippen LogP contribution >= 0.6 is 0 Å². The normalized spacial score (nSPS) is 31.3. The van der Waals surface area contributed by atoms with Gasteiger partial charge < -0.3 is 39.6 Å². The fourth-order valence-corrected chi connectivity index (χ4v) is 3.35. The third kappa shape index (κ3) is 4.51. The lowest BCUT2D eigenvalue weighted by atomic mass is 9.89. The minimum atomic E-state index is -1.96. The molecule has 0 amide bonds. The molecule has 2 fully saturated rings. The zero-order chi connectivity index (χ0) is 21.2. The lowest BCUT2D eigenvalue weighted by Gasteiger charge is -2.50. The Balaban J connectivity index is 1.77. The summed E-state index contributed by atoms with van der Waals surface area (Å²) in [6.07, 6.45) is -2.35. The maximum atomic E-state index is 12.3. The summed E-state index contributed by atoms with van der Waals surface area (Å²) in [5.41, 5.74) is 0.547. The Morgan fingerprint density at radius 1 is 1.34 bits per heavy atom. The summed E-state index contributed by atoms with van der Waals surface area (Å²) in [6, 6.07) is 4.47. The molecule has 1 aromatic carbocycles. The number of hydrogen-bond acceptors (Lipinski definition) is 10. The van der Waals surface area contributed by atoms with Crippen LogP contribution in [0.15, 0.2) is 24.3 Å². The Morgan fingerprint density at radius 2 is 2.10 bits per heavy atom. The van der Waals surface area contributed by atoms with Crippen molar-refractivity contribution in [3.05, 3.63) is 29.8 Å². The molecule has 10 nitrogen and oxygen atoms in total. The van der Waals surface area contributed by atoms with Gasteiger partial charge in [-0.2, -0.15) is 0 Å². The lowest BCUT2D eigenvalue weighted by Crippen LogP contribution is -2.73. The van der Waals surface area contributed by atoms with Crippen LogP contribution in [0.1, 0.15) is 12.5 Å². The molecule has 4 N–H and O–H groups in total. The van der Waals surface area contributed by atoms with Gasteiger partial charge in [-0.1, -0.05) is 6.07 Å². The lowest BCUT2D eigenvalue weighted by molar-refractivity contribution is -0.354. The third-order valence-electron chi connectivity index (χ3n) is 4.70. The van der Waals surface area contributed by atoms with Crippen LogP contribution in [0.25, 0.3) is 6.08 Å².